The second kappa shape index (κ2) is 11.7. The van der Waals surface area contributed by atoms with Crippen LogP contribution in [0.25, 0.3) is 0 Å². The summed E-state index contributed by atoms with van der Waals surface area (Å²) >= 11 is 0. The number of aliphatic carboxylic acids is 1. The predicted octanol–water partition coefficient (Wildman–Crippen LogP) is 1.42. The van der Waals surface area contributed by atoms with Crippen molar-refractivity contribution < 1.29 is 29.0 Å². The van der Waals surface area contributed by atoms with Crippen LogP contribution in [-0.4, -0.2) is 48.2 Å². The number of benzene rings is 2. The average molecular weight is 438 g/mol. The van der Waals surface area contributed by atoms with Gasteiger partial charge in [-0.15, -0.1) is 0 Å². The molecule has 0 aliphatic rings. The molecule has 2 aromatic rings. The lowest BCUT2D eigenvalue weighted by atomic mass is 10.1. The maximum absolute atomic E-state index is 12.7. The van der Waals surface area contributed by atoms with Gasteiger partial charge in [0, 0.05) is 12.1 Å². The van der Waals surface area contributed by atoms with Crippen molar-refractivity contribution >= 4 is 29.6 Å². The summed E-state index contributed by atoms with van der Waals surface area (Å²) < 4.78 is 4.73. The summed E-state index contributed by atoms with van der Waals surface area (Å²) in [6, 6.07) is 13.4. The monoisotopic (exact) mass is 438 g/mol. The van der Waals surface area contributed by atoms with Gasteiger partial charge in [0.15, 0.2) is 0 Å². The lowest BCUT2D eigenvalue weighted by molar-refractivity contribution is -0.145. The first-order chi connectivity index (χ1) is 15.3. The SMILES string of the molecule is COC(=O)C(Cc1ccccc1)NC(=O)C(CC(=O)O)NC(=O)Nc1ccc(C#N)cc1. The molecule has 2 rings (SSSR count). The van der Waals surface area contributed by atoms with Gasteiger partial charge < -0.3 is 25.8 Å². The molecule has 4 N–H and O–H groups in total. The van der Waals surface area contributed by atoms with Gasteiger partial charge in [-0.3, -0.25) is 9.59 Å². The number of hydrogen-bond donors (Lipinski definition) is 4. The summed E-state index contributed by atoms with van der Waals surface area (Å²) in [6.45, 7) is 0. The smallest absolute Gasteiger partial charge is 0.328 e. The van der Waals surface area contributed by atoms with E-state index in [9.17, 15) is 19.2 Å². The van der Waals surface area contributed by atoms with Crippen LogP contribution in [0.5, 0.6) is 0 Å². The summed E-state index contributed by atoms with van der Waals surface area (Å²) in [5.41, 5.74) is 1.49. The van der Waals surface area contributed by atoms with Crippen molar-refractivity contribution in [2.45, 2.75) is 24.9 Å². The summed E-state index contributed by atoms with van der Waals surface area (Å²) in [5, 5.41) is 25.2. The van der Waals surface area contributed by atoms with E-state index in [4.69, 9.17) is 15.1 Å². The Kier molecular flexibility index (Phi) is 8.74. The molecule has 3 amide bonds. The van der Waals surface area contributed by atoms with Gasteiger partial charge in [-0.2, -0.15) is 5.26 Å². The molecule has 2 atom stereocenters. The van der Waals surface area contributed by atoms with Crippen LogP contribution in [0.1, 0.15) is 17.5 Å². The molecule has 0 radical (unpaired) electrons. The molecule has 0 fully saturated rings. The van der Waals surface area contributed by atoms with E-state index >= 15 is 0 Å². The number of esters is 1. The Labute approximate surface area is 184 Å². The highest BCUT2D eigenvalue weighted by Crippen LogP contribution is 2.09. The predicted molar refractivity (Wildman–Crippen MR) is 113 cm³/mol. The fourth-order valence-corrected chi connectivity index (χ4v) is 2.80. The third kappa shape index (κ3) is 7.46. The minimum Gasteiger partial charge on any atom is -0.481 e. The average Bonchev–Trinajstić information content (AvgIpc) is 2.78. The number of carbonyl (C=O) groups excluding carboxylic acids is 3. The molecular formula is C22H22N4O6. The molecule has 0 heterocycles. The number of urea groups is 1. The first-order valence-corrected chi connectivity index (χ1v) is 9.54. The van der Waals surface area contributed by atoms with Gasteiger partial charge in [0.05, 0.1) is 25.2 Å². The Morgan fingerprint density at radius 3 is 2.22 bits per heavy atom. The van der Waals surface area contributed by atoms with E-state index in [1.54, 1.807) is 30.3 Å². The molecular weight excluding hydrogens is 416 g/mol. The number of hydrogen-bond acceptors (Lipinski definition) is 6. The quantitative estimate of drug-likeness (QED) is 0.431. The van der Waals surface area contributed by atoms with Crippen LogP contribution in [0.3, 0.4) is 0 Å². The molecule has 0 aliphatic carbocycles. The van der Waals surface area contributed by atoms with Crippen molar-refractivity contribution in [3.63, 3.8) is 0 Å². The second-order valence-electron chi connectivity index (χ2n) is 6.71. The molecule has 2 unspecified atom stereocenters. The van der Waals surface area contributed by atoms with Crippen LogP contribution in [-0.2, 0) is 25.5 Å². The number of methoxy groups -OCH3 is 1. The van der Waals surface area contributed by atoms with E-state index in [-0.39, 0.29) is 6.42 Å². The minimum atomic E-state index is -1.45. The number of nitriles is 1. The number of carboxylic acids is 1. The van der Waals surface area contributed by atoms with E-state index in [1.165, 1.54) is 31.4 Å². The first-order valence-electron chi connectivity index (χ1n) is 9.54. The zero-order valence-electron chi connectivity index (χ0n) is 17.2. The zero-order chi connectivity index (χ0) is 23.5. The van der Waals surface area contributed by atoms with Gasteiger partial charge in [-0.05, 0) is 29.8 Å². The molecule has 0 aromatic heterocycles. The van der Waals surface area contributed by atoms with Gasteiger partial charge >= 0.3 is 18.0 Å². The van der Waals surface area contributed by atoms with Crippen LogP contribution in [0.4, 0.5) is 10.5 Å². The minimum absolute atomic E-state index is 0.122. The van der Waals surface area contributed by atoms with E-state index in [1.807, 2.05) is 6.07 Å². The van der Waals surface area contributed by atoms with Gasteiger partial charge in [0.25, 0.3) is 0 Å². The lowest BCUT2D eigenvalue weighted by Gasteiger charge is -2.21. The molecule has 0 bridgehead atoms. The zero-order valence-corrected chi connectivity index (χ0v) is 17.2. The summed E-state index contributed by atoms with van der Waals surface area (Å²) in [7, 11) is 1.17. The Bertz CT molecular complexity index is 1000. The number of rotatable bonds is 9. The maximum Gasteiger partial charge on any atom is 0.328 e. The molecule has 2 aromatic carbocycles. The molecule has 0 aliphatic heterocycles. The standard InChI is InChI=1S/C22H22N4O6/c1-32-21(30)18(11-14-5-3-2-4-6-14)25-20(29)17(12-19(27)28)26-22(31)24-16-9-7-15(13-23)8-10-16/h2-10,17-18H,11-12H2,1H3,(H,25,29)(H,27,28)(H2,24,26,31). The van der Waals surface area contributed by atoms with E-state index in [0.29, 0.717) is 11.3 Å². The highest BCUT2D eigenvalue weighted by atomic mass is 16.5. The first kappa shape index (κ1) is 23.9. The number of nitrogens with zero attached hydrogens (tertiary/aromatic N) is 1. The van der Waals surface area contributed by atoms with Gasteiger partial charge in [-0.25, -0.2) is 9.59 Å². The fourth-order valence-electron chi connectivity index (χ4n) is 2.80. The number of anilines is 1. The Morgan fingerprint density at radius 1 is 1.00 bits per heavy atom. The summed E-state index contributed by atoms with van der Waals surface area (Å²) in [5.74, 6) is -2.88. The van der Waals surface area contributed by atoms with Crippen LogP contribution in [0.15, 0.2) is 54.6 Å². The van der Waals surface area contributed by atoms with Gasteiger partial charge in [0.1, 0.15) is 12.1 Å². The van der Waals surface area contributed by atoms with Crippen LogP contribution in [0.2, 0.25) is 0 Å². The van der Waals surface area contributed by atoms with Crippen LogP contribution in [0, 0.1) is 11.3 Å². The molecule has 10 nitrogen and oxygen atoms in total. The van der Waals surface area contributed by atoms with E-state index in [0.717, 1.165) is 5.56 Å². The van der Waals surface area contributed by atoms with Gasteiger partial charge in [-0.1, -0.05) is 30.3 Å². The van der Waals surface area contributed by atoms with E-state index in [2.05, 4.69) is 16.0 Å². The molecule has 32 heavy (non-hydrogen) atoms. The number of carbonyl (C=O) groups is 4. The largest absolute Gasteiger partial charge is 0.481 e. The van der Waals surface area contributed by atoms with Crippen molar-refractivity contribution in [3.8, 4) is 6.07 Å². The normalized spacial score (nSPS) is 11.9. The van der Waals surface area contributed by atoms with Crippen molar-refractivity contribution in [2.24, 2.45) is 0 Å². The lowest BCUT2D eigenvalue weighted by Crippen LogP contribution is -2.53. The third-order valence-corrected chi connectivity index (χ3v) is 4.36. The molecule has 10 heteroatoms. The van der Waals surface area contributed by atoms with E-state index < -0.39 is 42.4 Å². The number of ether oxygens (including phenoxy) is 1. The highest BCUT2D eigenvalue weighted by Gasteiger charge is 2.29. The molecule has 0 saturated carbocycles. The number of nitrogens with one attached hydrogen (secondary N) is 3. The maximum atomic E-state index is 12.7. The number of amides is 3. The molecule has 0 saturated heterocycles. The van der Waals surface area contributed by atoms with Crippen molar-refractivity contribution in [1.29, 1.82) is 5.26 Å². The van der Waals surface area contributed by atoms with Gasteiger partial charge in [0.2, 0.25) is 5.91 Å². The Balaban J connectivity index is 2.08. The van der Waals surface area contributed by atoms with Crippen LogP contribution < -0.4 is 16.0 Å². The highest BCUT2D eigenvalue weighted by molar-refractivity contribution is 5.96. The summed E-state index contributed by atoms with van der Waals surface area (Å²) in [6.07, 6.45) is -0.581. The Hall–Kier alpha value is -4.39. The topological polar surface area (TPSA) is 158 Å². The van der Waals surface area contributed by atoms with Crippen molar-refractivity contribution in [3.05, 3.63) is 65.7 Å². The molecule has 166 valence electrons. The third-order valence-electron chi connectivity index (χ3n) is 4.36. The molecule has 0 spiro atoms. The van der Waals surface area contributed by atoms with Crippen molar-refractivity contribution in [1.82, 2.24) is 10.6 Å². The summed E-state index contributed by atoms with van der Waals surface area (Å²) in [4.78, 5) is 48.3. The van der Waals surface area contributed by atoms with Crippen molar-refractivity contribution in [2.75, 3.05) is 12.4 Å². The van der Waals surface area contributed by atoms with Crippen LogP contribution >= 0.6 is 0 Å². The Morgan fingerprint density at radius 2 is 1.66 bits per heavy atom. The second-order valence-corrected chi connectivity index (χ2v) is 6.71. The number of carboxylic acid groups (broad SMARTS) is 1. The fraction of sp³-hybridized carbons (Fsp3) is 0.227.